The maximum Gasteiger partial charge on any atom is 0.406 e. The molecule has 2 rings (SSSR count). The number of alkyl halides is 4. The van der Waals surface area contributed by atoms with Gasteiger partial charge in [-0.15, -0.1) is 0 Å². The van der Waals surface area contributed by atoms with E-state index >= 15 is 0 Å². The molecule has 0 spiro atoms. The summed E-state index contributed by atoms with van der Waals surface area (Å²) in [5.41, 5.74) is -0.0770. The Morgan fingerprint density at radius 1 is 0.786 bits per heavy atom. The van der Waals surface area contributed by atoms with Gasteiger partial charge in [0.15, 0.2) is 0 Å². The number of halogens is 4. The number of hydrogen-bond donors (Lipinski definition) is 2. The fraction of sp³-hybridized carbons (Fsp3) is 0.250. The summed E-state index contributed by atoms with van der Waals surface area (Å²) in [6, 6.07) is -3.00. The molecule has 2 nitrogen and oxygen atoms in total. The number of nitrogens with one attached hydrogen (secondary N) is 2. The van der Waals surface area contributed by atoms with Crippen molar-refractivity contribution in [2.24, 2.45) is 0 Å². The van der Waals surface area contributed by atoms with Gasteiger partial charge >= 0.3 is 12.1 Å². The highest BCUT2D eigenvalue weighted by Gasteiger charge is 2.59. The molecule has 1 aromatic rings. The number of fused-ring (bicyclic) bond motifs is 1. The van der Waals surface area contributed by atoms with Crippen molar-refractivity contribution in [1.29, 1.82) is 0 Å². The van der Waals surface area contributed by atoms with Gasteiger partial charge in [0, 0.05) is 0 Å². The van der Waals surface area contributed by atoms with Gasteiger partial charge < -0.3 is 10.6 Å². The molecule has 0 saturated carbocycles. The molecular formula is C8H6F4N2. The first-order valence-electron chi connectivity index (χ1n) is 3.83. The van der Waals surface area contributed by atoms with Crippen LogP contribution in [0.25, 0.3) is 0 Å². The molecule has 0 radical (unpaired) electrons. The quantitative estimate of drug-likeness (QED) is 0.503. The van der Waals surface area contributed by atoms with Gasteiger partial charge in [-0.1, -0.05) is 12.1 Å². The standard InChI is InChI=1S/C8H6F4N2/c9-7(10)8(11,12)14-6-4-2-1-3-5(6)13-7/h1-4,13-14H. The number of para-hydroxylation sites is 2. The summed E-state index contributed by atoms with van der Waals surface area (Å²) >= 11 is 0. The van der Waals surface area contributed by atoms with Crippen molar-refractivity contribution < 1.29 is 17.6 Å². The summed E-state index contributed by atoms with van der Waals surface area (Å²) < 4.78 is 50.9. The predicted octanol–water partition coefficient (Wildman–Crippen LogP) is 2.71. The summed E-state index contributed by atoms with van der Waals surface area (Å²) in [5.74, 6) is 0. The Morgan fingerprint density at radius 3 is 1.50 bits per heavy atom. The molecule has 1 aliphatic heterocycles. The molecule has 6 heteroatoms. The van der Waals surface area contributed by atoms with Crippen LogP contribution in [0.15, 0.2) is 24.3 Å². The first-order valence-corrected chi connectivity index (χ1v) is 3.83. The zero-order chi connectivity index (χ0) is 10.4. The Hall–Kier alpha value is -1.46. The first kappa shape index (κ1) is 9.11. The molecule has 76 valence electrons. The van der Waals surface area contributed by atoms with Gasteiger partial charge in [0.2, 0.25) is 0 Å². The number of anilines is 2. The van der Waals surface area contributed by atoms with Crippen molar-refractivity contribution in [3.05, 3.63) is 24.3 Å². The van der Waals surface area contributed by atoms with Crippen LogP contribution in [0, 0.1) is 0 Å². The SMILES string of the molecule is FC1(F)Nc2ccccc2NC1(F)F. The molecular weight excluding hydrogens is 200 g/mol. The van der Waals surface area contributed by atoms with E-state index in [-0.39, 0.29) is 11.4 Å². The first-order chi connectivity index (χ1) is 6.42. The van der Waals surface area contributed by atoms with Crippen molar-refractivity contribution in [2.75, 3.05) is 10.6 Å². The van der Waals surface area contributed by atoms with Crippen molar-refractivity contribution in [3.63, 3.8) is 0 Å². The van der Waals surface area contributed by atoms with Crippen LogP contribution in [-0.4, -0.2) is 12.1 Å². The van der Waals surface area contributed by atoms with Crippen LogP contribution in [0.1, 0.15) is 0 Å². The highest BCUT2D eigenvalue weighted by Crippen LogP contribution is 2.42. The van der Waals surface area contributed by atoms with Crippen LogP contribution >= 0.6 is 0 Å². The highest BCUT2D eigenvalue weighted by atomic mass is 19.3. The molecule has 0 atom stereocenters. The molecule has 0 bridgehead atoms. The number of rotatable bonds is 0. The van der Waals surface area contributed by atoms with Crippen molar-refractivity contribution in [1.82, 2.24) is 0 Å². The Bertz CT molecular complexity index is 329. The maximum atomic E-state index is 12.7. The van der Waals surface area contributed by atoms with E-state index in [0.29, 0.717) is 0 Å². The minimum atomic E-state index is -4.28. The van der Waals surface area contributed by atoms with Gasteiger partial charge in [-0.3, -0.25) is 0 Å². The molecule has 2 N–H and O–H groups in total. The normalized spacial score (nSPS) is 21.7. The third-order valence-electron chi connectivity index (χ3n) is 1.90. The van der Waals surface area contributed by atoms with Crippen LogP contribution < -0.4 is 10.6 Å². The van der Waals surface area contributed by atoms with Gasteiger partial charge in [0.05, 0.1) is 11.4 Å². The third kappa shape index (κ3) is 1.18. The summed E-state index contributed by atoms with van der Waals surface area (Å²) in [7, 11) is 0. The molecule has 1 heterocycles. The minimum absolute atomic E-state index is 0.0385. The van der Waals surface area contributed by atoms with Crippen molar-refractivity contribution >= 4 is 11.4 Å². The maximum absolute atomic E-state index is 12.7. The Kier molecular flexibility index (Phi) is 1.64. The summed E-state index contributed by atoms with van der Waals surface area (Å²) in [5, 5.41) is 2.96. The van der Waals surface area contributed by atoms with Gasteiger partial charge in [-0.25, -0.2) is 0 Å². The van der Waals surface area contributed by atoms with E-state index in [9.17, 15) is 17.6 Å². The fourth-order valence-electron chi connectivity index (χ4n) is 1.20. The minimum Gasteiger partial charge on any atom is -0.318 e. The lowest BCUT2D eigenvalue weighted by Crippen LogP contribution is -2.54. The van der Waals surface area contributed by atoms with Gasteiger partial charge in [-0.05, 0) is 12.1 Å². The summed E-state index contributed by atoms with van der Waals surface area (Å²) in [4.78, 5) is 0. The molecule has 1 aromatic carbocycles. The smallest absolute Gasteiger partial charge is 0.318 e. The van der Waals surface area contributed by atoms with Crippen LogP contribution in [0.2, 0.25) is 0 Å². The van der Waals surface area contributed by atoms with E-state index in [4.69, 9.17) is 0 Å². The molecule has 0 aliphatic carbocycles. The van der Waals surface area contributed by atoms with Crippen LogP contribution in [0.4, 0.5) is 28.9 Å². The molecule has 0 unspecified atom stereocenters. The van der Waals surface area contributed by atoms with E-state index in [1.54, 1.807) is 0 Å². The van der Waals surface area contributed by atoms with Crippen LogP contribution in [-0.2, 0) is 0 Å². The number of benzene rings is 1. The number of hydrogen-bond acceptors (Lipinski definition) is 2. The van der Waals surface area contributed by atoms with Gasteiger partial charge in [0.25, 0.3) is 0 Å². The van der Waals surface area contributed by atoms with Gasteiger partial charge in [0.1, 0.15) is 0 Å². The van der Waals surface area contributed by atoms with Gasteiger partial charge in [-0.2, -0.15) is 17.6 Å². The topological polar surface area (TPSA) is 24.1 Å². The molecule has 0 fully saturated rings. The van der Waals surface area contributed by atoms with Crippen molar-refractivity contribution in [3.8, 4) is 0 Å². The van der Waals surface area contributed by atoms with E-state index in [1.807, 2.05) is 0 Å². The molecule has 0 aromatic heterocycles. The Morgan fingerprint density at radius 2 is 1.14 bits per heavy atom. The van der Waals surface area contributed by atoms with E-state index in [1.165, 1.54) is 34.9 Å². The molecule has 1 aliphatic rings. The summed E-state index contributed by atoms with van der Waals surface area (Å²) in [6.07, 6.45) is 0. The molecule has 0 saturated heterocycles. The molecule has 14 heavy (non-hydrogen) atoms. The lowest BCUT2D eigenvalue weighted by Gasteiger charge is -2.34. The average molecular weight is 206 g/mol. The molecule has 0 amide bonds. The van der Waals surface area contributed by atoms with E-state index in [2.05, 4.69) is 0 Å². The Balaban J connectivity index is 2.46. The van der Waals surface area contributed by atoms with Crippen molar-refractivity contribution in [2.45, 2.75) is 12.1 Å². The van der Waals surface area contributed by atoms with E-state index < -0.39 is 12.1 Å². The average Bonchev–Trinajstić information content (AvgIpc) is 2.05. The van der Waals surface area contributed by atoms with Crippen LogP contribution in [0.3, 0.4) is 0 Å². The Labute approximate surface area is 76.9 Å². The zero-order valence-electron chi connectivity index (χ0n) is 6.82. The summed E-state index contributed by atoms with van der Waals surface area (Å²) in [6.45, 7) is 0. The monoisotopic (exact) mass is 206 g/mol. The highest BCUT2D eigenvalue weighted by molar-refractivity contribution is 5.72. The van der Waals surface area contributed by atoms with Crippen LogP contribution in [0.5, 0.6) is 0 Å². The van der Waals surface area contributed by atoms with E-state index in [0.717, 1.165) is 0 Å². The second-order valence-corrected chi connectivity index (χ2v) is 2.94. The predicted molar refractivity (Wildman–Crippen MR) is 43.6 cm³/mol. The zero-order valence-corrected chi connectivity index (χ0v) is 6.82. The second kappa shape index (κ2) is 2.52. The largest absolute Gasteiger partial charge is 0.406 e. The lowest BCUT2D eigenvalue weighted by atomic mass is 10.2. The lowest BCUT2D eigenvalue weighted by molar-refractivity contribution is -0.175. The fourth-order valence-corrected chi connectivity index (χ4v) is 1.20. The second-order valence-electron chi connectivity index (χ2n) is 2.94. The third-order valence-corrected chi connectivity index (χ3v) is 1.90.